The number of aliphatic hydroxyl groups excluding tert-OH is 1. The standard InChI is InChI=1S/C16H13Cl2FN2O2/c17-10-4-3-9(12(18)6-10)8-21-15(23)16(19)7-13(22)14-11(16)2-1-5-20-14/h1-6,13,22H,7-8H2,(H,21,23). The Balaban J connectivity index is 1.79. The summed E-state index contributed by atoms with van der Waals surface area (Å²) < 4.78 is 15.2. The van der Waals surface area contributed by atoms with Gasteiger partial charge in [0.25, 0.3) is 5.91 Å². The third-order valence-corrected chi connectivity index (χ3v) is 4.46. The average molecular weight is 355 g/mol. The number of nitrogens with zero attached hydrogens (tertiary/aromatic N) is 1. The molecule has 0 saturated heterocycles. The van der Waals surface area contributed by atoms with Gasteiger partial charge in [-0.05, 0) is 23.8 Å². The van der Waals surface area contributed by atoms with Gasteiger partial charge in [0, 0.05) is 34.8 Å². The minimum Gasteiger partial charge on any atom is -0.387 e. The zero-order chi connectivity index (χ0) is 16.6. The van der Waals surface area contributed by atoms with E-state index in [9.17, 15) is 9.90 Å². The Morgan fingerprint density at radius 2 is 2.22 bits per heavy atom. The molecule has 1 aliphatic rings. The third-order valence-electron chi connectivity index (χ3n) is 3.87. The first kappa shape index (κ1) is 16.2. The maximum atomic E-state index is 15.2. The summed E-state index contributed by atoms with van der Waals surface area (Å²) in [5, 5.41) is 13.3. The number of fused-ring (bicyclic) bond motifs is 1. The van der Waals surface area contributed by atoms with Gasteiger partial charge in [-0.15, -0.1) is 0 Å². The van der Waals surface area contributed by atoms with Crippen LogP contribution < -0.4 is 5.32 Å². The van der Waals surface area contributed by atoms with Crippen molar-refractivity contribution < 1.29 is 14.3 Å². The summed E-state index contributed by atoms with van der Waals surface area (Å²) in [7, 11) is 0. The fourth-order valence-electron chi connectivity index (χ4n) is 2.69. The summed E-state index contributed by atoms with van der Waals surface area (Å²) in [5.74, 6) is -0.825. The van der Waals surface area contributed by atoms with Crippen molar-refractivity contribution in [3.63, 3.8) is 0 Å². The van der Waals surface area contributed by atoms with Crippen molar-refractivity contribution in [2.45, 2.75) is 24.7 Å². The molecule has 2 aromatic rings. The van der Waals surface area contributed by atoms with Gasteiger partial charge in [-0.1, -0.05) is 35.3 Å². The molecule has 0 aliphatic heterocycles. The van der Waals surface area contributed by atoms with Crippen molar-refractivity contribution in [3.05, 3.63) is 63.4 Å². The number of halogens is 3. The topological polar surface area (TPSA) is 62.2 Å². The molecule has 2 atom stereocenters. The molecule has 1 amide bonds. The summed E-state index contributed by atoms with van der Waals surface area (Å²) in [6.45, 7) is 0.0617. The van der Waals surface area contributed by atoms with Gasteiger partial charge in [0.05, 0.1) is 5.69 Å². The Kier molecular flexibility index (Phi) is 4.27. The van der Waals surface area contributed by atoms with Crippen LogP contribution in [0, 0.1) is 0 Å². The third kappa shape index (κ3) is 2.92. The number of nitrogens with one attached hydrogen (secondary N) is 1. The van der Waals surface area contributed by atoms with Crippen LogP contribution in [0.1, 0.15) is 29.3 Å². The molecular formula is C16H13Cl2FN2O2. The maximum absolute atomic E-state index is 15.2. The van der Waals surface area contributed by atoms with Gasteiger partial charge in [-0.3, -0.25) is 9.78 Å². The Hall–Kier alpha value is -1.69. The summed E-state index contributed by atoms with van der Waals surface area (Å²) in [6, 6.07) is 7.85. The molecule has 4 nitrogen and oxygen atoms in total. The number of aliphatic hydroxyl groups is 1. The summed E-state index contributed by atoms with van der Waals surface area (Å²) in [6.07, 6.45) is 0.0136. The number of aromatic nitrogens is 1. The number of amides is 1. The van der Waals surface area contributed by atoms with Crippen molar-refractivity contribution in [2.24, 2.45) is 0 Å². The number of carbonyl (C=O) groups is 1. The van der Waals surface area contributed by atoms with Gasteiger partial charge < -0.3 is 10.4 Å². The highest BCUT2D eigenvalue weighted by Gasteiger charge is 2.50. The van der Waals surface area contributed by atoms with Crippen LogP contribution in [0.3, 0.4) is 0 Å². The first-order valence-corrected chi connectivity index (χ1v) is 7.72. The quantitative estimate of drug-likeness (QED) is 0.888. The minimum absolute atomic E-state index is 0.0617. The van der Waals surface area contributed by atoms with Crippen LogP contribution in [0.5, 0.6) is 0 Å². The predicted octanol–water partition coefficient (Wildman–Crippen LogP) is 3.31. The van der Waals surface area contributed by atoms with E-state index in [4.69, 9.17) is 23.2 Å². The first-order valence-electron chi connectivity index (χ1n) is 6.96. The fraction of sp³-hybridized carbons (Fsp3) is 0.250. The highest BCUT2D eigenvalue weighted by atomic mass is 35.5. The number of hydrogen-bond donors (Lipinski definition) is 2. The summed E-state index contributed by atoms with van der Waals surface area (Å²) in [4.78, 5) is 16.3. The largest absolute Gasteiger partial charge is 0.387 e. The lowest BCUT2D eigenvalue weighted by molar-refractivity contribution is -0.134. The number of pyridine rings is 1. The zero-order valence-electron chi connectivity index (χ0n) is 11.9. The summed E-state index contributed by atoms with van der Waals surface area (Å²) >= 11 is 11.8. The molecule has 120 valence electrons. The number of benzene rings is 1. The van der Waals surface area contributed by atoms with E-state index in [1.807, 2.05) is 0 Å². The highest BCUT2D eigenvalue weighted by Crippen LogP contribution is 2.45. The molecule has 1 aromatic heterocycles. The molecule has 3 rings (SSSR count). The monoisotopic (exact) mass is 354 g/mol. The molecule has 23 heavy (non-hydrogen) atoms. The Labute approximate surface area is 142 Å². The molecule has 2 unspecified atom stereocenters. The molecule has 7 heteroatoms. The van der Waals surface area contributed by atoms with E-state index in [-0.39, 0.29) is 24.2 Å². The number of rotatable bonds is 3. The van der Waals surface area contributed by atoms with Crippen molar-refractivity contribution in [3.8, 4) is 0 Å². The van der Waals surface area contributed by atoms with Crippen LogP contribution in [-0.4, -0.2) is 16.0 Å². The Bertz CT molecular complexity index is 771. The minimum atomic E-state index is -2.30. The van der Waals surface area contributed by atoms with Crippen LogP contribution in [-0.2, 0) is 17.0 Å². The number of alkyl halides is 1. The molecule has 1 heterocycles. The molecule has 1 aromatic carbocycles. The lowest BCUT2D eigenvalue weighted by atomic mass is 9.98. The summed E-state index contributed by atoms with van der Waals surface area (Å²) in [5.41, 5.74) is -1.37. The number of hydrogen-bond acceptors (Lipinski definition) is 3. The predicted molar refractivity (Wildman–Crippen MR) is 84.9 cm³/mol. The normalized spacial score (nSPS) is 22.7. The van der Waals surface area contributed by atoms with Gasteiger partial charge in [0.15, 0.2) is 0 Å². The van der Waals surface area contributed by atoms with E-state index in [0.717, 1.165) is 0 Å². The van der Waals surface area contributed by atoms with Crippen molar-refractivity contribution in [1.29, 1.82) is 0 Å². The smallest absolute Gasteiger partial charge is 0.262 e. The first-order chi connectivity index (χ1) is 10.9. The molecule has 0 bridgehead atoms. The average Bonchev–Trinajstić information content (AvgIpc) is 2.79. The van der Waals surface area contributed by atoms with Gasteiger partial charge in [0.1, 0.15) is 6.10 Å². The molecular weight excluding hydrogens is 342 g/mol. The van der Waals surface area contributed by atoms with Crippen molar-refractivity contribution >= 4 is 29.1 Å². The number of carbonyl (C=O) groups excluding carboxylic acids is 1. The van der Waals surface area contributed by atoms with Crippen LogP contribution >= 0.6 is 23.2 Å². The van der Waals surface area contributed by atoms with E-state index in [0.29, 0.717) is 15.6 Å². The Morgan fingerprint density at radius 3 is 2.96 bits per heavy atom. The highest BCUT2D eigenvalue weighted by molar-refractivity contribution is 6.35. The maximum Gasteiger partial charge on any atom is 0.262 e. The second-order valence-corrected chi connectivity index (χ2v) is 6.22. The lowest BCUT2D eigenvalue weighted by Crippen LogP contribution is -2.39. The fourth-order valence-corrected chi connectivity index (χ4v) is 3.16. The zero-order valence-corrected chi connectivity index (χ0v) is 13.4. The molecule has 0 fully saturated rings. The van der Waals surface area contributed by atoms with Crippen LogP contribution in [0.15, 0.2) is 36.5 Å². The van der Waals surface area contributed by atoms with E-state index >= 15 is 4.39 Å². The van der Waals surface area contributed by atoms with Crippen LogP contribution in [0.25, 0.3) is 0 Å². The van der Waals surface area contributed by atoms with Crippen molar-refractivity contribution in [2.75, 3.05) is 0 Å². The molecule has 0 saturated carbocycles. The van der Waals surface area contributed by atoms with Crippen molar-refractivity contribution in [1.82, 2.24) is 10.3 Å². The van der Waals surface area contributed by atoms with Crippen LogP contribution in [0.4, 0.5) is 4.39 Å². The van der Waals surface area contributed by atoms with Gasteiger partial charge >= 0.3 is 0 Å². The van der Waals surface area contributed by atoms with Gasteiger partial charge in [-0.25, -0.2) is 4.39 Å². The SMILES string of the molecule is O=C(NCc1ccc(Cl)cc1Cl)C1(F)CC(O)c2ncccc21. The van der Waals surface area contributed by atoms with Gasteiger partial charge in [-0.2, -0.15) is 0 Å². The molecule has 2 N–H and O–H groups in total. The lowest BCUT2D eigenvalue weighted by Gasteiger charge is -2.20. The second kappa shape index (κ2) is 6.07. The van der Waals surface area contributed by atoms with E-state index < -0.39 is 17.7 Å². The van der Waals surface area contributed by atoms with E-state index in [2.05, 4.69) is 10.3 Å². The second-order valence-electron chi connectivity index (χ2n) is 5.38. The van der Waals surface area contributed by atoms with Gasteiger partial charge in [0.2, 0.25) is 5.67 Å². The van der Waals surface area contributed by atoms with Crippen LogP contribution in [0.2, 0.25) is 10.0 Å². The van der Waals surface area contributed by atoms with E-state index in [1.54, 1.807) is 18.2 Å². The molecule has 1 aliphatic carbocycles. The Morgan fingerprint density at radius 1 is 1.43 bits per heavy atom. The molecule has 0 spiro atoms. The molecule has 0 radical (unpaired) electrons. The van der Waals surface area contributed by atoms with E-state index in [1.165, 1.54) is 18.3 Å².